The summed E-state index contributed by atoms with van der Waals surface area (Å²) in [4.78, 5) is 0. The van der Waals surface area contributed by atoms with Gasteiger partial charge in [-0.1, -0.05) is 0 Å². The van der Waals surface area contributed by atoms with Crippen molar-refractivity contribution in [2.24, 2.45) is 0 Å². The molecule has 0 radical (unpaired) electrons. The Bertz CT molecular complexity index is 443. The van der Waals surface area contributed by atoms with E-state index < -0.39 is 13.1 Å². The van der Waals surface area contributed by atoms with E-state index in [1.165, 1.54) is 28.9 Å². The maximum Gasteiger partial charge on any atom is 0.488 e. The first kappa shape index (κ1) is 8.21. The Morgan fingerprint density at radius 3 is 2.85 bits per heavy atom. The molecule has 0 saturated carbocycles. The third kappa shape index (κ3) is 1.41. The van der Waals surface area contributed by atoms with Crippen LogP contribution < -0.4 is 5.46 Å². The van der Waals surface area contributed by atoms with Crippen LogP contribution in [0.3, 0.4) is 0 Å². The van der Waals surface area contributed by atoms with Crippen molar-refractivity contribution >= 4 is 18.1 Å². The van der Waals surface area contributed by atoms with Crippen molar-refractivity contribution in [1.29, 1.82) is 0 Å². The summed E-state index contributed by atoms with van der Waals surface area (Å²) in [6.45, 7) is 0. The van der Waals surface area contributed by atoms with Gasteiger partial charge < -0.3 is 10.0 Å². The fourth-order valence-corrected chi connectivity index (χ4v) is 1.14. The molecule has 2 rings (SSSR count). The molecule has 0 bridgehead atoms. The van der Waals surface area contributed by atoms with Crippen molar-refractivity contribution in [3.05, 3.63) is 30.3 Å². The Balaban J connectivity index is 2.61. The summed E-state index contributed by atoms with van der Waals surface area (Å²) in [5.41, 5.74) is 0.801. The second kappa shape index (κ2) is 2.83. The summed E-state index contributed by atoms with van der Waals surface area (Å²) in [5, 5.41) is 21.1. The molecule has 2 aromatic heterocycles. The molecule has 2 N–H and O–H groups in total. The van der Waals surface area contributed by atoms with Crippen LogP contribution in [-0.2, 0) is 0 Å². The number of fused-ring (bicyclic) bond motifs is 1. The van der Waals surface area contributed by atoms with E-state index in [2.05, 4.69) is 5.10 Å². The molecule has 4 nitrogen and oxygen atoms in total. The molecule has 0 amide bonds. The van der Waals surface area contributed by atoms with Crippen LogP contribution in [0.25, 0.3) is 5.52 Å². The van der Waals surface area contributed by atoms with Crippen molar-refractivity contribution in [3.63, 3.8) is 0 Å². The summed E-state index contributed by atoms with van der Waals surface area (Å²) >= 11 is 0. The van der Waals surface area contributed by atoms with Crippen LogP contribution in [0.4, 0.5) is 4.39 Å². The van der Waals surface area contributed by atoms with Crippen LogP contribution in [-0.4, -0.2) is 26.8 Å². The molecule has 0 atom stereocenters. The Hall–Kier alpha value is -1.40. The van der Waals surface area contributed by atoms with Gasteiger partial charge in [-0.25, -0.2) is 4.52 Å². The summed E-state index contributed by atoms with van der Waals surface area (Å²) in [6, 6.07) is 4.14. The number of nitrogens with zero attached hydrogens (tertiary/aromatic N) is 2. The van der Waals surface area contributed by atoms with E-state index in [-0.39, 0.29) is 0 Å². The molecule has 2 aromatic rings. The van der Waals surface area contributed by atoms with Crippen LogP contribution in [0.1, 0.15) is 0 Å². The summed E-state index contributed by atoms with van der Waals surface area (Å²) in [7, 11) is -1.54. The number of aromatic nitrogens is 2. The fraction of sp³-hybridized carbons (Fsp3) is 0. The van der Waals surface area contributed by atoms with Crippen molar-refractivity contribution in [3.8, 4) is 0 Å². The van der Waals surface area contributed by atoms with Crippen LogP contribution in [0.5, 0.6) is 0 Å². The second-order valence-corrected chi connectivity index (χ2v) is 2.67. The lowest BCUT2D eigenvalue weighted by Crippen LogP contribution is -2.29. The predicted molar refractivity (Wildman–Crippen MR) is 45.0 cm³/mol. The summed E-state index contributed by atoms with van der Waals surface area (Å²) < 4.78 is 13.9. The molecule has 0 aliphatic rings. The normalized spacial score (nSPS) is 10.7. The van der Waals surface area contributed by atoms with Gasteiger partial charge in [-0.05, 0) is 17.6 Å². The zero-order valence-corrected chi connectivity index (χ0v) is 6.55. The van der Waals surface area contributed by atoms with Gasteiger partial charge >= 0.3 is 7.12 Å². The minimum absolute atomic E-state index is 0.312. The van der Waals surface area contributed by atoms with Gasteiger partial charge in [-0.15, -0.1) is 5.10 Å². The third-order valence-electron chi connectivity index (χ3n) is 1.76. The molecule has 0 saturated heterocycles. The predicted octanol–water partition coefficient (Wildman–Crippen LogP) is -0.847. The smallest absolute Gasteiger partial charge is 0.423 e. The molecule has 0 fully saturated rings. The van der Waals surface area contributed by atoms with Gasteiger partial charge in [0.1, 0.15) is 0 Å². The van der Waals surface area contributed by atoms with Gasteiger partial charge in [0.2, 0.25) is 5.95 Å². The first-order valence-electron chi connectivity index (χ1n) is 3.68. The highest BCUT2D eigenvalue weighted by Gasteiger charge is 2.11. The highest BCUT2D eigenvalue weighted by Crippen LogP contribution is 2.02. The number of hydrogen-bond donors (Lipinski definition) is 2. The van der Waals surface area contributed by atoms with Crippen molar-refractivity contribution < 1.29 is 14.4 Å². The topological polar surface area (TPSA) is 57.8 Å². The minimum atomic E-state index is -1.54. The summed E-state index contributed by atoms with van der Waals surface area (Å²) in [5.74, 6) is -0.593. The number of halogens is 1. The van der Waals surface area contributed by atoms with Crippen molar-refractivity contribution in [2.45, 2.75) is 0 Å². The Labute approximate surface area is 73.4 Å². The molecule has 0 unspecified atom stereocenters. The molecule has 13 heavy (non-hydrogen) atoms. The van der Waals surface area contributed by atoms with Gasteiger partial charge in [0, 0.05) is 12.3 Å². The monoisotopic (exact) mass is 180 g/mol. The molecule has 6 heteroatoms. The van der Waals surface area contributed by atoms with Crippen LogP contribution in [0, 0.1) is 5.95 Å². The average Bonchev–Trinajstić information content (AvgIpc) is 2.42. The average molecular weight is 180 g/mol. The zero-order chi connectivity index (χ0) is 9.42. The largest absolute Gasteiger partial charge is 0.488 e. The van der Waals surface area contributed by atoms with Crippen molar-refractivity contribution in [1.82, 2.24) is 9.61 Å². The summed E-state index contributed by atoms with van der Waals surface area (Å²) in [6.07, 6.45) is 1.47. The van der Waals surface area contributed by atoms with E-state index in [4.69, 9.17) is 10.0 Å². The molecule has 0 spiro atoms. The maximum absolute atomic E-state index is 12.6. The second-order valence-electron chi connectivity index (χ2n) is 2.67. The van der Waals surface area contributed by atoms with Gasteiger partial charge in [-0.3, -0.25) is 0 Å². The number of pyridine rings is 1. The van der Waals surface area contributed by atoms with Crippen LogP contribution >= 0.6 is 0 Å². The molecule has 0 aliphatic heterocycles. The van der Waals surface area contributed by atoms with Gasteiger partial charge in [-0.2, -0.15) is 4.39 Å². The van der Waals surface area contributed by atoms with E-state index >= 15 is 0 Å². The van der Waals surface area contributed by atoms with Gasteiger partial charge in [0.25, 0.3) is 0 Å². The maximum atomic E-state index is 12.6. The lowest BCUT2D eigenvalue weighted by molar-refractivity contribution is 0.426. The molecule has 0 aromatic carbocycles. The highest BCUT2D eigenvalue weighted by atomic mass is 19.1. The Morgan fingerprint density at radius 1 is 1.38 bits per heavy atom. The van der Waals surface area contributed by atoms with E-state index in [9.17, 15) is 4.39 Å². The Morgan fingerprint density at radius 2 is 2.15 bits per heavy atom. The van der Waals surface area contributed by atoms with Gasteiger partial charge in [0.05, 0.1) is 5.52 Å². The lowest BCUT2D eigenvalue weighted by Gasteiger charge is -1.98. The standard InChI is InChI=1S/C7H6BFN2O2/c9-7-4-6-3-5(8(12)13)1-2-11(6)10-7/h1-4,12-13H. The zero-order valence-electron chi connectivity index (χ0n) is 6.55. The third-order valence-corrected chi connectivity index (χ3v) is 1.76. The molecule has 2 heterocycles. The highest BCUT2D eigenvalue weighted by molar-refractivity contribution is 6.58. The first-order valence-corrected chi connectivity index (χ1v) is 3.68. The van der Waals surface area contributed by atoms with E-state index in [1.807, 2.05) is 0 Å². The Kier molecular flexibility index (Phi) is 1.79. The van der Waals surface area contributed by atoms with E-state index in [1.54, 1.807) is 0 Å². The first-order chi connectivity index (χ1) is 6.16. The van der Waals surface area contributed by atoms with E-state index in [0.717, 1.165) is 0 Å². The van der Waals surface area contributed by atoms with Crippen LogP contribution in [0.2, 0.25) is 0 Å². The molecule has 0 aliphatic carbocycles. The van der Waals surface area contributed by atoms with E-state index in [0.29, 0.717) is 11.0 Å². The molecular formula is C7H6BFN2O2. The number of hydrogen-bond acceptors (Lipinski definition) is 3. The SMILES string of the molecule is OB(O)c1ccn2nc(F)cc2c1. The van der Waals surface area contributed by atoms with Crippen LogP contribution in [0.15, 0.2) is 24.4 Å². The minimum Gasteiger partial charge on any atom is -0.423 e. The van der Waals surface area contributed by atoms with Crippen molar-refractivity contribution in [2.75, 3.05) is 0 Å². The molecular weight excluding hydrogens is 174 g/mol. The quantitative estimate of drug-likeness (QED) is 0.562. The lowest BCUT2D eigenvalue weighted by atomic mass is 9.81. The van der Waals surface area contributed by atoms with Gasteiger partial charge in [0.15, 0.2) is 0 Å². The fourth-order valence-electron chi connectivity index (χ4n) is 1.14. The molecule has 66 valence electrons. The number of rotatable bonds is 1.